The summed E-state index contributed by atoms with van der Waals surface area (Å²) in [5.41, 5.74) is 0.713. The summed E-state index contributed by atoms with van der Waals surface area (Å²) in [5, 5.41) is 4.78. The van der Waals surface area contributed by atoms with E-state index in [4.69, 9.17) is 0 Å². The minimum absolute atomic E-state index is 0.0515. The van der Waals surface area contributed by atoms with Crippen molar-refractivity contribution in [3.63, 3.8) is 0 Å². The Kier molecular flexibility index (Phi) is 4.62. The van der Waals surface area contributed by atoms with Gasteiger partial charge >= 0.3 is 0 Å². The lowest BCUT2D eigenvalue weighted by Gasteiger charge is -2.21. The van der Waals surface area contributed by atoms with Crippen LogP contribution in [0.5, 0.6) is 0 Å². The summed E-state index contributed by atoms with van der Waals surface area (Å²) in [6, 6.07) is 1.92. The Hall–Kier alpha value is -0.880. The average Bonchev–Trinajstić information content (AvgIpc) is 2.86. The molecule has 0 bridgehead atoms. The molecule has 1 aromatic heterocycles. The first-order valence-corrected chi connectivity index (χ1v) is 9.26. The van der Waals surface area contributed by atoms with Crippen molar-refractivity contribution in [3.8, 4) is 0 Å². The second-order valence-corrected chi connectivity index (χ2v) is 8.26. The lowest BCUT2D eigenvalue weighted by Crippen LogP contribution is -2.33. The van der Waals surface area contributed by atoms with Crippen molar-refractivity contribution in [2.24, 2.45) is 5.92 Å². The summed E-state index contributed by atoms with van der Waals surface area (Å²) in [6.45, 7) is 2.64. The molecule has 19 heavy (non-hydrogen) atoms. The van der Waals surface area contributed by atoms with Crippen LogP contribution in [0.3, 0.4) is 0 Å². The van der Waals surface area contributed by atoms with Gasteiger partial charge in [-0.2, -0.15) is 0 Å². The zero-order valence-corrected chi connectivity index (χ0v) is 12.6. The maximum Gasteiger partial charge on any atom is 0.252 e. The number of sulfone groups is 1. The number of nitrogens with one attached hydrogen (secondary N) is 1. The van der Waals surface area contributed by atoms with Crippen molar-refractivity contribution in [2.75, 3.05) is 18.1 Å². The van der Waals surface area contributed by atoms with Crippen LogP contribution >= 0.6 is 11.3 Å². The summed E-state index contributed by atoms with van der Waals surface area (Å²) in [4.78, 5) is 13.1. The standard InChI is InChI=1S/C13H19NO3S2/c1-2-12-7-11(9-18-12)13(15)14-8-10-3-5-19(16,17)6-4-10/h7,9-10H,2-6,8H2,1H3,(H,14,15). The Morgan fingerprint density at radius 1 is 1.42 bits per heavy atom. The topological polar surface area (TPSA) is 63.2 Å². The molecule has 0 atom stereocenters. The van der Waals surface area contributed by atoms with E-state index in [1.54, 1.807) is 11.3 Å². The highest BCUT2D eigenvalue weighted by Crippen LogP contribution is 2.19. The van der Waals surface area contributed by atoms with Crippen molar-refractivity contribution in [3.05, 3.63) is 21.9 Å². The first-order valence-electron chi connectivity index (χ1n) is 6.56. The largest absolute Gasteiger partial charge is 0.352 e. The van der Waals surface area contributed by atoms with E-state index >= 15 is 0 Å². The van der Waals surface area contributed by atoms with Crippen LogP contribution in [-0.4, -0.2) is 32.4 Å². The van der Waals surface area contributed by atoms with E-state index in [1.807, 2.05) is 11.4 Å². The van der Waals surface area contributed by atoms with Crippen molar-refractivity contribution >= 4 is 27.1 Å². The smallest absolute Gasteiger partial charge is 0.252 e. The maximum absolute atomic E-state index is 11.9. The van der Waals surface area contributed by atoms with Gasteiger partial charge in [0.25, 0.3) is 5.91 Å². The normalized spacial score (nSPS) is 19.2. The highest BCUT2D eigenvalue weighted by atomic mass is 32.2. The van der Waals surface area contributed by atoms with Crippen LogP contribution in [0.1, 0.15) is 35.0 Å². The Bertz CT molecular complexity index is 534. The molecule has 1 N–H and O–H groups in total. The number of hydrogen-bond acceptors (Lipinski definition) is 4. The number of aryl methyl sites for hydroxylation is 1. The van der Waals surface area contributed by atoms with Gasteiger partial charge in [0.1, 0.15) is 9.84 Å². The molecule has 0 aliphatic carbocycles. The molecular formula is C13H19NO3S2. The lowest BCUT2D eigenvalue weighted by molar-refractivity contribution is 0.0946. The Morgan fingerprint density at radius 2 is 2.11 bits per heavy atom. The van der Waals surface area contributed by atoms with E-state index in [1.165, 1.54) is 4.88 Å². The van der Waals surface area contributed by atoms with Crippen LogP contribution in [0.4, 0.5) is 0 Å². The Labute approximate surface area is 118 Å². The van der Waals surface area contributed by atoms with E-state index in [0.29, 0.717) is 24.9 Å². The fourth-order valence-electron chi connectivity index (χ4n) is 2.17. The third kappa shape index (κ3) is 4.04. The monoisotopic (exact) mass is 301 g/mol. The minimum Gasteiger partial charge on any atom is -0.352 e. The fourth-order valence-corrected chi connectivity index (χ4v) is 4.57. The van der Waals surface area contributed by atoms with E-state index < -0.39 is 9.84 Å². The quantitative estimate of drug-likeness (QED) is 0.923. The SMILES string of the molecule is CCc1cc(C(=O)NCC2CCS(=O)(=O)CC2)cs1. The molecule has 1 aliphatic rings. The van der Waals surface area contributed by atoms with E-state index in [2.05, 4.69) is 12.2 Å². The number of hydrogen-bond donors (Lipinski definition) is 1. The average molecular weight is 301 g/mol. The highest BCUT2D eigenvalue weighted by molar-refractivity contribution is 7.91. The Morgan fingerprint density at radius 3 is 2.68 bits per heavy atom. The molecule has 0 radical (unpaired) electrons. The van der Waals surface area contributed by atoms with Crippen molar-refractivity contribution in [1.82, 2.24) is 5.32 Å². The summed E-state index contributed by atoms with van der Waals surface area (Å²) >= 11 is 1.60. The van der Waals surface area contributed by atoms with Gasteiger partial charge in [-0.1, -0.05) is 6.92 Å². The van der Waals surface area contributed by atoms with E-state index in [9.17, 15) is 13.2 Å². The first-order chi connectivity index (χ1) is 9.00. The number of amides is 1. The van der Waals surface area contributed by atoms with Crippen molar-refractivity contribution in [2.45, 2.75) is 26.2 Å². The molecule has 0 saturated carbocycles. The highest BCUT2D eigenvalue weighted by Gasteiger charge is 2.23. The van der Waals surface area contributed by atoms with Gasteiger partial charge in [-0.15, -0.1) is 11.3 Å². The number of rotatable bonds is 4. The van der Waals surface area contributed by atoms with Gasteiger partial charge in [0.05, 0.1) is 17.1 Å². The molecule has 1 saturated heterocycles. The molecule has 6 heteroatoms. The third-order valence-electron chi connectivity index (χ3n) is 3.49. The summed E-state index contributed by atoms with van der Waals surface area (Å²) in [5.74, 6) is 0.749. The van der Waals surface area contributed by atoms with Gasteiger partial charge in [-0.3, -0.25) is 4.79 Å². The maximum atomic E-state index is 11.9. The molecule has 0 spiro atoms. The van der Waals surface area contributed by atoms with Crippen LogP contribution in [0.2, 0.25) is 0 Å². The molecular weight excluding hydrogens is 282 g/mol. The molecule has 1 fully saturated rings. The van der Waals surface area contributed by atoms with Crippen LogP contribution in [0, 0.1) is 5.92 Å². The van der Waals surface area contributed by atoms with E-state index in [-0.39, 0.29) is 23.3 Å². The summed E-state index contributed by atoms with van der Waals surface area (Å²) < 4.78 is 22.6. The summed E-state index contributed by atoms with van der Waals surface area (Å²) in [6.07, 6.45) is 2.26. The van der Waals surface area contributed by atoms with Crippen LogP contribution < -0.4 is 5.32 Å². The van der Waals surface area contributed by atoms with Gasteiger partial charge < -0.3 is 5.32 Å². The number of thiophene rings is 1. The van der Waals surface area contributed by atoms with Crippen molar-refractivity contribution in [1.29, 1.82) is 0 Å². The predicted molar refractivity (Wildman–Crippen MR) is 77.4 cm³/mol. The predicted octanol–water partition coefficient (Wildman–Crippen LogP) is 1.87. The van der Waals surface area contributed by atoms with Gasteiger partial charge in [0.15, 0.2) is 0 Å². The molecule has 0 unspecified atom stereocenters. The third-order valence-corrected chi connectivity index (χ3v) is 6.29. The number of carbonyl (C=O) groups is 1. The molecule has 1 amide bonds. The second-order valence-electron chi connectivity index (χ2n) is 4.96. The fraction of sp³-hybridized carbons (Fsp3) is 0.615. The minimum atomic E-state index is -2.82. The van der Waals surface area contributed by atoms with Crippen molar-refractivity contribution < 1.29 is 13.2 Å². The molecule has 2 rings (SSSR count). The first kappa shape index (κ1) is 14.5. The van der Waals surface area contributed by atoms with Crippen LogP contribution in [0.15, 0.2) is 11.4 Å². The van der Waals surface area contributed by atoms with Gasteiger partial charge in [-0.05, 0) is 31.2 Å². The molecule has 0 aromatic carbocycles. The van der Waals surface area contributed by atoms with Crippen LogP contribution in [-0.2, 0) is 16.3 Å². The molecule has 106 valence electrons. The lowest BCUT2D eigenvalue weighted by atomic mass is 10.0. The number of carbonyl (C=O) groups excluding carboxylic acids is 1. The van der Waals surface area contributed by atoms with E-state index in [0.717, 1.165) is 6.42 Å². The van der Waals surface area contributed by atoms with Gasteiger partial charge in [0.2, 0.25) is 0 Å². The van der Waals surface area contributed by atoms with Gasteiger partial charge in [-0.25, -0.2) is 8.42 Å². The molecule has 1 aliphatic heterocycles. The Balaban J connectivity index is 1.81. The zero-order valence-electron chi connectivity index (χ0n) is 11.0. The molecule has 1 aromatic rings. The molecule has 4 nitrogen and oxygen atoms in total. The second kappa shape index (κ2) is 6.05. The summed E-state index contributed by atoms with van der Waals surface area (Å²) in [7, 11) is -2.82. The zero-order chi connectivity index (χ0) is 13.9. The molecule has 2 heterocycles. The van der Waals surface area contributed by atoms with Crippen LogP contribution in [0.25, 0.3) is 0 Å². The van der Waals surface area contributed by atoms with Gasteiger partial charge in [0, 0.05) is 16.8 Å².